The van der Waals surface area contributed by atoms with Crippen LogP contribution in [-0.2, 0) is 7.05 Å². The van der Waals surface area contributed by atoms with Crippen molar-refractivity contribution in [3.05, 3.63) is 17.0 Å². The molecule has 0 unspecified atom stereocenters. The minimum absolute atomic E-state index is 0.454. The summed E-state index contributed by atoms with van der Waals surface area (Å²) in [5.41, 5.74) is 5.77. The Bertz CT molecular complexity index is 400. The summed E-state index contributed by atoms with van der Waals surface area (Å²) in [4.78, 5) is 4.54. The molecule has 5 nitrogen and oxygen atoms in total. The second-order valence-corrected chi connectivity index (χ2v) is 4.02. The van der Waals surface area contributed by atoms with Crippen molar-refractivity contribution in [2.45, 2.75) is 32.7 Å². The maximum atomic E-state index is 5.51. The monoisotopic (exact) mass is 207 g/mol. The van der Waals surface area contributed by atoms with E-state index in [9.17, 15) is 0 Å². The molecule has 0 atom stereocenters. The second kappa shape index (κ2) is 3.66. The topological polar surface area (TPSA) is 68.2 Å². The summed E-state index contributed by atoms with van der Waals surface area (Å²) < 4.78 is 1.85. The Balaban J connectivity index is 2.41. The van der Waals surface area contributed by atoms with E-state index in [0.717, 1.165) is 22.8 Å². The van der Waals surface area contributed by atoms with Gasteiger partial charge in [0.25, 0.3) is 0 Å². The number of nitrogens with two attached hydrogens (primary N) is 1. The summed E-state index contributed by atoms with van der Waals surface area (Å²) in [6, 6.07) is 0.454. The molecule has 82 valence electrons. The van der Waals surface area contributed by atoms with Crippen LogP contribution in [0.2, 0.25) is 0 Å². The molecule has 15 heavy (non-hydrogen) atoms. The Morgan fingerprint density at radius 1 is 1.53 bits per heavy atom. The smallest absolute Gasteiger partial charge is 0.146 e. The van der Waals surface area contributed by atoms with Crippen molar-refractivity contribution in [2.75, 3.05) is 0 Å². The highest BCUT2D eigenvalue weighted by Crippen LogP contribution is 2.25. The van der Waals surface area contributed by atoms with Crippen LogP contribution >= 0.6 is 0 Å². The van der Waals surface area contributed by atoms with Gasteiger partial charge in [-0.1, -0.05) is 0 Å². The van der Waals surface area contributed by atoms with Crippen LogP contribution in [0.15, 0.2) is 4.99 Å². The number of hydrogen-bond donors (Lipinski definition) is 2. The van der Waals surface area contributed by atoms with Gasteiger partial charge in [-0.3, -0.25) is 9.67 Å². The average Bonchev–Trinajstić information content (AvgIpc) is 2.96. The van der Waals surface area contributed by atoms with Crippen LogP contribution < -0.4 is 11.3 Å². The Morgan fingerprint density at radius 2 is 2.20 bits per heavy atom. The first kappa shape index (κ1) is 10.2. The SMILES string of the molecule is Cc1nn(C)c(C)c1C(=NC1CC1)NN. The lowest BCUT2D eigenvalue weighted by atomic mass is 10.2. The van der Waals surface area contributed by atoms with Crippen molar-refractivity contribution in [1.29, 1.82) is 0 Å². The van der Waals surface area contributed by atoms with Crippen molar-refractivity contribution in [3.63, 3.8) is 0 Å². The number of nitrogens with zero attached hydrogens (tertiary/aromatic N) is 3. The van der Waals surface area contributed by atoms with Crippen LogP contribution in [0.25, 0.3) is 0 Å². The molecule has 3 N–H and O–H groups in total. The molecular weight excluding hydrogens is 190 g/mol. The minimum atomic E-state index is 0.454. The summed E-state index contributed by atoms with van der Waals surface area (Å²) in [6.45, 7) is 4.00. The van der Waals surface area contributed by atoms with Gasteiger partial charge < -0.3 is 5.43 Å². The van der Waals surface area contributed by atoms with Gasteiger partial charge in [0.1, 0.15) is 5.84 Å². The van der Waals surface area contributed by atoms with Crippen molar-refractivity contribution >= 4 is 5.84 Å². The van der Waals surface area contributed by atoms with Gasteiger partial charge in [0, 0.05) is 12.7 Å². The molecule has 1 heterocycles. The van der Waals surface area contributed by atoms with Crippen LogP contribution in [0.5, 0.6) is 0 Å². The lowest BCUT2D eigenvalue weighted by molar-refractivity contribution is 0.731. The standard InChI is InChI=1S/C10H17N5/c1-6-9(7(2)15(3)14-6)10(13-11)12-8-4-5-8/h8H,4-5,11H2,1-3H3,(H,12,13). The molecule has 0 spiro atoms. The molecular formula is C10H17N5. The number of amidine groups is 1. The summed E-state index contributed by atoms with van der Waals surface area (Å²) in [5.74, 6) is 6.27. The zero-order valence-corrected chi connectivity index (χ0v) is 9.41. The number of aromatic nitrogens is 2. The summed E-state index contributed by atoms with van der Waals surface area (Å²) in [7, 11) is 1.93. The van der Waals surface area contributed by atoms with Gasteiger partial charge >= 0.3 is 0 Å². The molecule has 1 saturated carbocycles. The molecule has 0 radical (unpaired) electrons. The van der Waals surface area contributed by atoms with Gasteiger partial charge in [-0.25, -0.2) is 5.84 Å². The Morgan fingerprint density at radius 3 is 2.60 bits per heavy atom. The third kappa shape index (κ3) is 1.87. The van der Waals surface area contributed by atoms with Crippen LogP contribution in [0.1, 0.15) is 29.8 Å². The van der Waals surface area contributed by atoms with Crippen molar-refractivity contribution in [3.8, 4) is 0 Å². The summed E-state index contributed by atoms with van der Waals surface area (Å²) in [5, 5.41) is 4.35. The molecule has 2 rings (SSSR count). The molecule has 0 amide bonds. The zero-order valence-electron chi connectivity index (χ0n) is 9.41. The normalized spacial score (nSPS) is 16.9. The molecule has 1 aliphatic carbocycles. The first-order valence-corrected chi connectivity index (χ1v) is 5.18. The highest BCUT2D eigenvalue weighted by molar-refractivity contribution is 6.00. The summed E-state index contributed by atoms with van der Waals surface area (Å²) >= 11 is 0. The molecule has 1 aliphatic rings. The minimum Gasteiger partial charge on any atom is -0.308 e. The van der Waals surface area contributed by atoms with Crippen molar-refractivity contribution in [2.24, 2.45) is 17.9 Å². The van der Waals surface area contributed by atoms with Crippen LogP contribution in [0, 0.1) is 13.8 Å². The Kier molecular flexibility index (Phi) is 2.48. The number of hydrazine groups is 1. The molecule has 5 heteroatoms. The fourth-order valence-electron chi connectivity index (χ4n) is 1.68. The Labute approximate surface area is 89.3 Å². The number of aliphatic imine (C=N–C) groups is 1. The highest BCUT2D eigenvalue weighted by Gasteiger charge is 2.23. The van der Waals surface area contributed by atoms with E-state index in [1.54, 1.807) is 0 Å². The number of nitrogens with one attached hydrogen (secondary N) is 1. The van der Waals surface area contributed by atoms with E-state index in [4.69, 9.17) is 5.84 Å². The quantitative estimate of drug-likeness (QED) is 0.319. The van der Waals surface area contributed by atoms with E-state index >= 15 is 0 Å². The van der Waals surface area contributed by atoms with E-state index in [1.807, 2.05) is 25.6 Å². The molecule has 1 aromatic heterocycles. The maximum absolute atomic E-state index is 5.51. The molecule has 0 saturated heterocycles. The van der Waals surface area contributed by atoms with E-state index in [0.29, 0.717) is 6.04 Å². The first-order valence-electron chi connectivity index (χ1n) is 5.18. The summed E-state index contributed by atoms with van der Waals surface area (Å²) in [6.07, 6.45) is 2.34. The first-order chi connectivity index (χ1) is 7.13. The maximum Gasteiger partial charge on any atom is 0.146 e. The number of hydrogen-bond acceptors (Lipinski definition) is 3. The highest BCUT2D eigenvalue weighted by atomic mass is 15.3. The van der Waals surface area contributed by atoms with E-state index < -0.39 is 0 Å². The van der Waals surface area contributed by atoms with Gasteiger partial charge in [0.15, 0.2) is 0 Å². The van der Waals surface area contributed by atoms with E-state index in [2.05, 4.69) is 15.5 Å². The number of rotatable bonds is 2. The van der Waals surface area contributed by atoms with Crippen LogP contribution in [0.3, 0.4) is 0 Å². The van der Waals surface area contributed by atoms with E-state index in [1.165, 1.54) is 12.8 Å². The van der Waals surface area contributed by atoms with Gasteiger partial charge in [-0.2, -0.15) is 5.10 Å². The molecule has 1 aromatic rings. The Hall–Kier alpha value is -1.36. The lowest BCUT2D eigenvalue weighted by Crippen LogP contribution is -2.32. The van der Waals surface area contributed by atoms with Gasteiger partial charge in [-0.15, -0.1) is 0 Å². The second-order valence-electron chi connectivity index (χ2n) is 4.02. The fraction of sp³-hybridized carbons (Fsp3) is 0.600. The van der Waals surface area contributed by atoms with E-state index in [-0.39, 0.29) is 0 Å². The lowest BCUT2D eigenvalue weighted by Gasteiger charge is -2.05. The molecule has 0 aromatic carbocycles. The predicted molar refractivity (Wildman–Crippen MR) is 59.6 cm³/mol. The molecule has 1 fully saturated rings. The zero-order chi connectivity index (χ0) is 11.0. The van der Waals surface area contributed by atoms with Crippen molar-refractivity contribution < 1.29 is 0 Å². The molecule has 0 bridgehead atoms. The van der Waals surface area contributed by atoms with Gasteiger partial charge in [-0.05, 0) is 26.7 Å². The van der Waals surface area contributed by atoms with Crippen LogP contribution in [-0.4, -0.2) is 21.7 Å². The van der Waals surface area contributed by atoms with Gasteiger partial charge in [0.2, 0.25) is 0 Å². The third-order valence-electron chi connectivity index (χ3n) is 2.74. The third-order valence-corrected chi connectivity index (χ3v) is 2.74. The predicted octanol–water partition coefficient (Wildman–Crippen LogP) is 0.409. The number of aryl methyl sites for hydroxylation is 2. The fourth-order valence-corrected chi connectivity index (χ4v) is 1.68. The largest absolute Gasteiger partial charge is 0.308 e. The van der Waals surface area contributed by atoms with Gasteiger partial charge in [0.05, 0.1) is 17.3 Å². The molecule has 0 aliphatic heterocycles. The average molecular weight is 207 g/mol. The van der Waals surface area contributed by atoms with Crippen molar-refractivity contribution in [1.82, 2.24) is 15.2 Å². The van der Waals surface area contributed by atoms with Crippen LogP contribution in [0.4, 0.5) is 0 Å².